The zero-order valence-corrected chi connectivity index (χ0v) is 21.4. The number of hydrogen-bond donors (Lipinski definition) is 5. The van der Waals surface area contributed by atoms with Crippen molar-refractivity contribution in [3.63, 3.8) is 0 Å². The summed E-state index contributed by atoms with van der Waals surface area (Å²) in [7, 11) is 0. The van der Waals surface area contributed by atoms with E-state index in [0.29, 0.717) is 17.0 Å². The molecule has 2 aromatic rings. The topological polar surface area (TPSA) is 177 Å². The maximum atomic E-state index is 13.3. The first kappa shape index (κ1) is 28.7. The Labute approximate surface area is 221 Å². The molecule has 2 amide bonds. The lowest BCUT2D eigenvalue weighted by molar-refractivity contribution is -0.235. The number of rotatable bonds is 11. The predicted octanol–water partition coefficient (Wildman–Crippen LogP) is 1.55. The Morgan fingerprint density at radius 2 is 1.68 bits per heavy atom. The third-order valence-corrected chi connectivity index (χ3v) is 6.75. The van der Waals surface area contributed by atoms with Crippen LogP contribution < -0.4 is 16.9 Å². The normalized spacial score (nSPS) is 17.9. The molecule has 38 heavy (non-hydrogen) atoms. The number of aryl methyl sites for hydroxylation is 1. The average Bonchev–Trinajstić information content (AvgIpc) is 3.18. The van der Waals surface area contributed by atoms with Crippen molar-refractivity contribution in [1.82, 2.24) is 10.3 Å². The standard InChI is InChI=1S/C27H34N4O7/c1-25(2)22(30-23(33)38-25)26(27(35,36)21(28)18-32,17-20-14-7-4-8-15-20)31(29)24(34)37-16-10-9-13-19-11-5-3-6-12-19/h3-8,11-12,14-15,22,35-36H,9-10,13,16-17,28-29H2,1-2H3,(H,30,33). The molecule has 0 aromatic heterocycles. The number of nitrogens with two attached hydrogens (primary N) is 2. The van der Waals surface area contributed by atoms with Crippen molar-refractivity contribution in [1.29, 1.82) is 0 Å². The summed E-state index contributed by atoms with van der Waals surface area (Å²) in [6.45, 7) is 2.98. The molecule has 204 valence electrons. The van der Waals surface area contributed by atoms with Crippen LogP contribution >= 0.6 is 0 Å². The number of aliphatic hydroxyl groups is 2. The lowest BCUT2D eigenvalue weighted by Gasteiger charge is -2.52. The quantitative estimate of drug-likeness (QED) is 0.0725. The van der Waals surface area contributed by atoms with Crippen molar-refractivity contribution in [2.45, 2.75) is 62.5 Å². The molecular formula is C27H34N4O7. The van der Waals surface area contributed by atoms with Crippen molar-refractivity contribution >= 4 is 18.1 Å². The van der Waals surface area contributed by atoms with Crippen LogP contribution in [0.15, 0.2) is 66.4 Å². The van der Waals surface area contributed by atoms with E-state index in [-0.39, 0.29) is 13.0 Å². The van der Waals surface area contributed by atoms with Crippen molar-refractivity contribution < 1.29 is 34.1 Å². The van der Waals surface area contributed by atoms with Gasteiger partial charge in [0, 0.05) is 6.42 Å². The van der Waals surface area contributed by atoms with Gasteiger partial charge in [-0.05, 0) is 44.2 Å². The van der Waals surface area contributed by atoms with Gasteiger partial charge in [0.25, 0.3) is 0 Å². The average molecular weight is 527 g/mol. The minimum atomic E-state index is -3.27. The molecule has 1 heterocycles. The van der Waals surface area contributed by atoms with E-state index in [9.17, 15) is 24.6 Å². The molecule has 0 aliphatic carbocycles. The van der Waals surface area contributed by atoms with Crippen LogP contribution in [0.25, 0.3) is 0 Å². The molecular weight excluding hydrogens is 492 g/mol. The lowest BCUT2D eigenvalue weighted by atomic mass is 9.70. The van der Waals surface area contributed by atoms with Gasteiger partial charge in [-0.3, -0.25) is 0 Å². The van der Waals surface area contributed by atoms with Gasteiger partial charge in [0.15, 0.2) is 17.2 Å². The Balaban J connectivity index is 1.94. The largest absolute Gasteiger partial charge is 0.448 e. The van der Waals surface area contributed by atoms with E-state index in [2.05, 4.69) is 5.32 Å². The lowest BCUT2D eigenvalue weighted by Crippen LogP contribution is -2.80. The maximum absolute atomic E-state index is 13.3. The Bertz CT molecular complexity index is 1170. The van der Waals surface area contributed by atoms with Gasteiger partial charge in [0.1, 0.15) is 11.6 Å². The van der Waals surface area contributed by atoms with Crippen LogP contribution in [0.4, 0.5) is 9.59 Å². The van der Waals surface area contributed by atoms with Gasteiger partial charge in [-0.1, -0.05) is 60.7 Å². The van der Waals surface area contributed by atoms with Crippen LogP contribution in [0.1, 0.15) is 37.8 Å². The first-order chi connectivity index (χ1) is 18.0. The number of nitrogens with zero attached hydrogens (tertiary/aromatic N) is 1. The summed E-state index contributed by atoms with van der Waals surface area (Å²) in [5.74, 6) is 4.32. The number of unbranched alkanes of at least 4 members (excludes halogenated alkanes) is 1. The number of hydrogen-bond acceptors (Lipinski definition) is 9. The number of cyclic esters (lactones) is 1. The molecule has 1 saturated heterocycles. The molecule has 11 nitrogen and oxygen atoms in total. The first-order valence-electron chi connectivity index (χ1n) is 12.2. The molecule has 11 heteroatoms. The summed E-state index contributed by atoms with van der Waals surface area (Å²) in [4.78, 5) is 37.1. The van der Waals surface area contributed by atoms with E-state index in [0.717, 1.165) is 18.4 Å². The molecule has 3 rings (SSSR count). The summed E-state index contributed by atoms with van der Waals surface area (Å²) in [5, 5.41) is 25.8. The molecule has 2 aromatic carbocycles. The van der Waals surface area contributed by atoms with E-state index >= 15 is 0 Å². The number of benzene rings is 2. The molecule has 0 saturated carbocycles. The van der Waals surface area contributed by atoms with Crippen LogP contribution in [0.3, 0.4) is 0 Å². The van der Waals surface area contributed by atoms with Crippen molar-refractivity contribution in [3.8, 4) is 0 Å². The molecule has 2 unspecified atom stereocenters. The van der Waals surface area contributed by atoms with Crippen LogP contribution in [0.5, 0.6) is 0 Å². The van der Waals surface area contributed by atoms with Crippen molar-refractivity contribution in [3.05, 3.63) is 77.5 Å². The van der Waals surface area contributed by atoms with Crippen molar-refractivity contribution in [2.75, 3.05) is 6.61 Å². The molecule has 0 spiro atoms. The summed E-state index contributed by atoms with van der Waals surface area (Å²) < 4.78 is 10.7. The zero-order chi connectivity index (χ0) is 28.0. The summed E-state index contributed by atoms with van der Waals surface area (Å²) in [6, 6.07) is 16.9. The number of carbonyl (C=O) groups excluding carboxylic acids is 3. The second-order valence-electron chi connectivity index (χ2n) is 9.77. The number of nitrogens with one attached hydrogen (secondary N) is 1. The minimum Gasteiger partial charge on any atom is -0.448 e. The number of carbonyl (C=O) groups is 2. The monoisotopic (exact) mass is 526 g/mol. The summed E-state index contributed by atoms with van der Waals surface area (Å²) in [6.07, 6.45) is -0.357. The van der Waals surface area contributed by atoms with Crippen LogP contribution in [0.2, 0.25) is 0 Å². The number of hydrazine groups is 1. The SMILES string of the molecule is CC1(C)OC(=O)NC1C(Cc1ccccc1)(N(N)C(=O)OCCCCc1ccccc1)C(O)(O)C(N)=C=O. The van der Waals surface area contributed by atoms with Crippen molar-refractivity contribution in [2.24, 2.45) is 11.6 Å². The maximum Gasteiger partial charge on any atom is 0.424 e. The first-order valence-corrected chi connectivity index (χ1v) is 12.2. The second-order valence-corrected chi connectivity index (χ2v) is 9.77. The molecule has 1 aliphatic rings. The highest BCUT2D eigenvalue weighted by molar-refractivity contribution is 5.74. The molecule has 2 atom stereocenters. The summed E-state index contributed by atoms with van der Waals surface area (Å²) >= 11 is 0. The molecule has 1 fully saturated rings. The fourth-order valence-electron chi connectivity index (χ4n) is 4.81. The smallest absolute Gasteiger partial charge is 0.424 e. The van der Waals surface area contributed by atoms with Crippen LogP contribution in [-0.2, 0) is 27.1 Å². The highest BCUT2D eigenvalue weighted by Crippen LogP contribution is 2.42. The molecule has 7 N–H and O–H groups in total. The van der Waals surface area contributed by atoms with Gasteiger partial charge < -0.3 is 30.7 Å². The highest BCUT2D eigenvalue weighted by Gasteiger charge is 2.68. The van der Waals surface area contributed by atoms with Gasteiger partial charge in [0.2, 0.25) is 5.79 Å². The van der Waals surface area contributed by atoms with Gasteiger partial charge in [0.05, 0.1) is 6.61 Å². The van der Waals surface area contributed by atoms with E-state index in [1.165, 1.54) is 19.8 Å². The zero-order valence-electron chi connectivity index (χ0n) is 21.4. The number of alkyl carbamates (subject to hydrolysis) is 1. The van der Waals surface area contributed by atoms with E-state index < -0.39 is 40.9 Å². The van der Waals surface area contributed by atoms with Crippen LogP contribution in [0, 0.1) is 0 Å². The summed E-state index contributed by atoms with van der Waals surface area (Å²) in [5.41, 5.74) is 2.50. The van der Waals surface area contributed by atoms with Gasteiger partial charge in [-0.15, -0.1) is 0 Å². The van der Waals surface area contributed by atoms with Gasteiger partial charge >= 0.3 is 12.2 Å². The Kier molecular flexibility index (Phi) is 8.80. The predicted molar refractivity (Wildman–Crippen MR) is 138 cm³/mol. The van der Waals surface area contributed by atoms with Crippen LogP contribution in [-0.4, -0.2) is 62.9 Å². The number of ether oxygens (including phenoxy) is 2. The minimum absolute atomic E-state index is 0.0133. The molecule has 1 aliphatic heterocycles. The third kappa shape index (κ3) is 5.81. The Hall–Kier alpha value is -3.89. The third-order valence-electron chi connectivity index (χ3n) is 6.75. The molecule has 0 radical (unpaired) electrons. The second kappa shape index (κ2) is 11.7. The van der Waals surface area contributed by atoms with E-state index in [1.54, 1.807) is 30.3 Å². The highest BCUT2D eigenvalue weighted by atomic mass is 16.6. The van der Waals surface area contributed by atoms with Gasteiger partial charge in [-0.2, -0.15) is 0 Å². The Morgan fingerprint density at radius 1 is 1.11 bits per heavy atom. The van der Waals surface area contributed by atoms with Gasteiger partial charge in [-0.25, -0.2) is 25.2 Å². The van der Waals surface area contributed by atoms with E-state index in [1.807, 2.05) is 30.3 Å². The Morgan fingerprint density at radius 3 is 2.21 bits per heavy atom. The fourth-order valence-corrected chi connectivity index (χ4v) is 4.81. The number of amides is 2. The molecule has 0 bridgehead atoms. The van der Waals surface area contributed by atoms with E-state index in [4.69, 9.17) is 21.1 Å². The fraction of sp³-hybridized carbons (Fsp3) is 0.407.